The van der Waals surface area contributed by atoms with Crippen LogP contribution in [0.25, 0.3) is 0 Å². The Morgan fingerprint density at radius 2 is 1.65 bits per heavy atom. The van der Waals surface area contributed by atoms with Gasteiger partial charge in [0, 0.05) is 29.8 Å². The van der Waals surface area contributed by atoms with Crippen molar-refractivity contribution < 1.29 is 18.0 Å². The van der Waals surface area contributed by atoms with Crippen LogP contribution in [-0.2, 0) is 26.0 Å². The summed E-state index contributed by atoms with van der Waals surface area (Å²) in [5.41, 5.74) is 1.43. The van der Waals surface area contributed by atoms with E-state index in [0.717, 1.165) is 40.3 Å². The van der Waals surface area contributed by atoms with Crippen LogP contribution in [0.4, 0.5) is 5.69 Å². The number of anilines is 1. The first kappa shape index (κ1) is 23.4. The van der Waals surface area contributed by atoms with Crippen molar-refractivity contribution in [3.05, 3.63) is 58.6 Å². The van der Waals surface area contributed by atoms with Gasteiger partial charge in [0.1, 0.15) is 0 Å². The van der Waals surface area contributed by atoms with Gasteiger partial charge in [-0.25, -0.2) is 8.42 Å². The molecule has 166 valence electrons. The molecule has 0 unspecified atom stereocenters. The molecule has 0 radical (unpaired) electrons. The molecule has 1 fully saturated rings. The Labute approximate surface area is 191 Å². The molecule has 1 heterocycles. The minimum absolute atomic E-state index is 0.117. The lowest BCUT2D eigenvalue weighted by Gasteiger charge is -2.20. The zero-order valence-corrected chi connectivity index (χ0v) is 19.8. The summed E-state index contributed by atoms with van der Waals surface area (Å²) in [7, 11) is -3.77. The van der Waals surface area contributed by atoms with Crippen LogP contribution in [0.1, 0.15) is 25.3 Å². The fraction of sp³-hybridized carbons (Fsp3) is 0.364. The van der Waals surface area contributed by atoms with Crippen molar-refractivity contribution in [2.75, 3.05) is 31.5 Å². The molecule has 31 heavy (non-hydrogen) atoms. The van der Waals surface area contributed by atoms with Crippen molar-refractivity contribution in [3.8, 4) is 0 Å². The van der Waals surface area contributed by atoms with Crippen LogP contribution in [0.5, 0.6) is 0 Å². The maximum atomic E-state index is 12.8. The first-order valence-electron chi connectivity index (χ1n) is 10.2. The maximum Gasteiger partial charge on any atom is 0.243 e. The zero-order valence-electron chi connectivity index (χ0n) is 17.4. The zero-order chi connectivity index (χ0) is 22.4. The van der Waals surface area contributed by atoms with Gasteiger partial charge in [-0.2, -0.15) is 4.31 Å². The number of rotatable bonds is 8. The molecule has 0 bridgehead atoms. The molecule has 2 aromatic rings. The summed E-state index contributed by atoms with van der Waals surface area (Å²) in [5.74, 6) is -0.311. The average Bonchev–Trinajstić information content (AvgIpc) is 3.29. The Balaban J connectivity index is 1.58. The predicted molar refractivity (Wildman–Crippen MR) is 123 cm³/mol. The third kappa shape index (κ3) is 6.15. The van der Waals surface area contributed by atoms with Gasteiger partial charge in [0.05, 0.1) is 17.9 Å². The van der Waals surface area contributed by atoms with Crippen LogP contribution in [0.3, 0.4) is 0 Å². The van der Waals surface area contributed by atoms with E-state index in [1.807, 2.05) is 4.90 Å². The van der Waals surface area contributed by atoms with Gasteiger partial charge in [-0.05, 0) is 54.8 Å². The van der Waals surface area contributed by atoms with E-state index in [1.165, 1.54) is 12.1 Å². The molecule has 9 heteroatoms. The topological polar surface area (TPSA) is 86.8 Å². The summed E-state index contributed by atoms with van der Waals surface area (Å²) in [4.78, 5) is 26.7. The van der Waals surface area contributed by atoms with Crippen molar-refractivity contribution >= 4 is 43.5 Å². The maximum absolute atomic E-state index is 12.8. The van der Waals surface area contributed by atoms with Crippen molar-refractivity contribution in [2.24, 2.45) is 0 Å². The third-order valence-corrected chi connectivity index (χ3v) is 7.64. The lowest BCUT2D eigenvalue weighted by atomic mass is 10.1. The van der Waals surface area contributed by atoms with Gasteiger partial charge in [-0.1, -0.05) is 35.0 Å². The van der Waals surface area contributed by atoms with Gasteiger partial charge in [0.2, 0.25) is 21.8 Å². The number of hydrogen-bond acceptors (Lipinski definition) is 4. The number of likely N-dealkylation sites (N-methyl/N-ethyl adjacent to an activating group) is 1. The van der Waals surface area contributed by atoms with Crippen LogP contribution < -0.4 is 5.32 Å². The molecular formula is C22H26BrN3O4S. The van der Waals surface area contributed by atoms with E-state index in [2.05, 4.69) is 21.2 Å². The Hall–Kier alpha value is -2.23. The molecule has 1 aliphatic heterocycles. The lowest BCUT2D eigenvalue weighted by Crippen LogP contribution is -2.37. The molecule has 2 amide bonds. The standard InChI is InChI=1S/C22H26BrN3O4S/c1-2-26(31(29,30)20-11-7-18(23)8-12-20)16-21(27)24-19-9-5-17(6-10-19)15-22(28)25-13-3-4-14-25/h5-12H,2-4,13-16H2,1H3,(H,24,27). The molecule has 2 aromatic carbocycles. The molecule has 0 aromatic heterocycles. The normalized spacial score (nSPS) is 14.1. The van der Waals surface area contributed by atoms with E-state index in [1.54, 1.807) is 43.3 Å². The summed E-state index contributed by atoms with van der Waals surface area (Å²) in [6.45, 7) is 3.22. The number of carbonyl (C=O) groups is 2. The Morgan fingerprint density at radius 1 is 1.03 bits per heavy atom. The summed E-state index contributed by atoms with van der Waals surface area (Å²) in [6.07, 6.45) is 2.45. The highest BCUT2D eigenvalue weighted by Gasteiger charge is 2.25. The summed E-state index contributed by atoms with van der Waals surface area (Å²) in [6, 6.07) is 13.4. The second kappa shape index (κ2) is 10.4. The van der Waals surface area contributed by atoms with Gasteiger partial charge < -0.3 is 10.2 Å². The summed E-state index contributed by atoms with van der Waals surface area (Å²) in [5, 5.41) is 2.73. The smallest absolute Gasteiger partial charge is 0.243 e. The largest absolute Gasteiger partial charge is 0.342 e. The molecule has 0 spiro atoms. The fourth-order valence-corrected chi connectivity index (χ4v) is 5.11. The van der Waals surface area contributed by atoms with E-state index in [-0.39, 0.29) is 23.9 Å². The molecule has 0 saturated carbocycles. The summed E-state index contributed by atoms with van der Waals surface area (Å²) < 4.78 is 27.5. The Morgan fingerprint density at radius 3 is 2.23 bits per heavy atom. The van der Waals surface area contributed by atoms with Gasteiger partial charge in [0.15, 0.2) is 0 Å². The van der Waals surface area contributed by atoms with Crippen LogP contribution in [0.2, 0.25) is 0 Å². The molecule has 7 nitrogen and oxygen atoms in total. The number of likely N-dealkylation sites (tertiary alicyclic amines) is 1. The summed E-state index contributed by atoms with van der Waals surface area (Å²) >= 11 is 3.29. The number of nitrogens with one attached hydrogen (secondary N) is 1. The van der Waals surface area contributed by atoms with Crippen molar-refractivity contribution in [1.29, 1.82) is 0 Å². The Kier molecular flexibility index (Phi) is 7.85. The van der Waals surface area contributed by atoms with Crippen LogP contribution >= 0.6 is 15.9 Å². The van der Waals surface area contributed by atoms with Crippen LogP contribution in [-0.4, -0.2) is 55.6 Å². The molecule has 1 N–H and O–H groups in total. The predicted octanol–water partition coefficient (Wildman–Crippen LogP) is 3.26. The first-order chi connectivity index (χ1) is 14.8. The molecular weight excluding hydrogens is 482 g/mol. The monoisotopic (exact) mass is 507 g/mol. The minimum Gasteiger partial charge on any atom is -0.342 e. The second-order valence-corrected chi connectivity index (χ2v) is 10.2. The number of nitrogens with zero attached hydrogens (tertiary/aromatic N) is 2. The van der Waals surface area contributed by atoms with E-state index in [0.29, 0.717) is 12.1 Å². The molecule has 1 aliphatic rings. The van der Waals surface area contributed by atoms with Crippen molar-refractivity contribution in [2.45, 2.75) is 31.1 Å². The van der Waals surface area contributed by atoms with Crippen molar-refractivity contribution in [3.63, 3.8) is 0 Å². The highest BCUT2D eigenvalue weighted by molar-refractivity contribution is 9.10. The van der Waals surface area contributed by atoms with Gasteiger partial charge in [0.25, 0.3) is 0 Å². The van der Waals surface area contributed by atoms with E-state index >= 15 is 0 Å². The highest BCUT2D eigenvalue weighted by atomic mass is 79.9. The van der Waals surface area contributed by atoms with Crippen LogP contribution in [0.15, 0.2) is 57.9 Å². The third-order valence-electron chi connectivity index (χ3n) is 5.18. The molecule has 0 aliphatic carbocycles. The lowest BCUT2D eigenvalue weighted by molar-refractivity contribution is -0.129. The number of amides is 2. The van der Waals surface area contributed by atoms with E-state index in [4.69, 9.17) is 0 Å². The number of hydrogen-bond donors (Lipinski definition) is 1. The minimum atomic E-state index is -3.77. The van der Waals surface area contributed by atoms with Gasteiger partial charge >= 0.3 is 0 Å². The van der Waals surface area contributed by atoms with Gasteiger partial charge in [-0.3, -0.25) is 9.59 Å². The number of benzene rings is 2. The first-order valence-corrected chi connectivity index (χ1v) is 12.4. The van der Waals surface area contributed by atoms with Crippen LogP contribution in [0, 0.1) is 0 Å². The van der Waals surface area contributed by atoms with Gasteiger partial charge in [-0.15, -0.1) is 0 Å². The molecule has 3 rings (SSSR count). The molecule has 1 saturated heterocycles. The fourth-order valence-electron chi connectivity index (χ4n) is 3.44. The Bertz CT molecular complexity index is 1020. The highest BCUT2D eigenvalue weighted by Crippen LogP contribution is 2.19. The van der Waals surface area contributed by atoms with Crippen molar-refractivity contribution in [1.82, 2.24) is 9.21 Å². The number of halogens is 1. The second-order valence-electron chi connectivity index (χ2n) is 7.39. The van der Waals surface area contributed by atoms with E-state index in [9.17, 15) is 18.0 Å². The molecule has 0 atom stereocenters. The SMILES string of the molecule is CCN(CC(=O)Nc1ccc(CC(=O)N2CCCC2)cc1)S(=O)(=O)c1ccc(Br)cc1. The van der Waals surface area contributed by atoms with E-state index < -0.39 is 15.9 Å². The number of carbonyl (C=O) groups excluding carboxylic acids is 2. The number of sulfonamides is 1. The quantitative estimate of drug-likeness (QED) is 0.593. The average molecular weight is 508 g/mol.